The molecule has 1 saturated heterocycles. The van der Waals surface area contributed by atoms with Crippen molar-refractivity contribution in [1.82, 2.24) is 10.2 Å². The number of amides is 1. The van der Waals surface area contributed by atoms with E-state index in [-0.39, 0.29) is 5.91 Å². The van der Waals surface area contributed by atoms with E-state index in [1.54, 1.807) is 6.08 Å². The van der Waals surface area contributed by atoms with Gasteiger partial charge in [-0.3, -0.25) is 4.79 Å². The molecule has 1 aliphatic rings. The fourth-order valence-electron chi connectivity index (χ4n) is 2.84. The van der Waals surface area contributed by atoms with Crippen molar-refractivity contribution in [2.75, 3.05) is 19.6 Å². The summed E-state index contributed by atoms with van der Waals surface area (Å²) >= 11 is 0. The average Bonchev–Trinajstić information content (AvgIpc) is 2.52. The maximum atomic E-state index is 11.8. The monoisotopic (exact) mass is 286 g/mol. The van der Waals surface area contributed by atoms with Crippen molar-refractivity contribution in [3.8, 4) is 0 Å². The smallest absolute Gasteiger partial charge is 0.220 e. The van der Waals surface area contributed by atoms with Crippen LogP contribution in [-0.4, -0.2) is 36.5 Å². The van der Waals surface area contributed by atoms with E-state index in [0.717, 1.165) is 38.9 Å². The first-order valence-electron chi connectivity index (χ1n) is 7.94. The van der Waals surface area contributed by atoms with Gasteiger partial charge in [0.05, 0.1) is 0 Å². The van der Waals surface area contributed by atoms with Crippen LogP contribution < -0.4 is 5.32 Å². The molecule has 21 heavy (non-hydrogen) atoms. The van der Waals surface area contributed by atoms with E-state index in [0.29, 0.717) is 12.5 Å². The zero-order valence-corrected chi connectivity index (χ0v) is 12.8. The normalized spacial score (nSPS) is 19.1. The van der Waals surface area contributed by atoms with Crippen molar-refractivity contribution in [3.63, 3.8) is 0 Å². The minimum Gasteiger partial charge on any atom is -0.352 e. The van der Waals surface area contributed by atoms with Gasteiger partial charge in [-0.1, -0.05) is 36.4 Å². The van der Waals surface area contributed by atoms with Crippen molar-refractivity contribution in [2.45, 2.75) is 38.1 Å². The summed E-state index contributed by atoms with van der Waals surface area (Å²) in [4.78, 5) is 14.2. The molecule has 3 nitrogen and oxygen atoms in total. The SMILES string of the molecule is C=CCCC(=O)NC1CCCN(CCc2ccccc2)C1. The maximum Gasteiger partial charge on any atom is 0.220 e. The standard InChI is InChI=1S/C18H26N2O/c1-2-3-11-18(21)19-17-10-7-13-20(15-17)14-12-16-8-5-4-6-9-16/h2,4-6,8-9,17H,1,3,7,10-15H2,(H,19,21). The Hall–Kier alpha value is -1.61. The zero-order valence-electron chi connectivity index (χ0n) is 12.8. The molecule has 0 aromatic heterocycles. The number of hydrogen-bond acceptors (Lipinski definition) is 2. The number of allylic oxidation sites excluding steroid dienone is 1. The third-order valence-corrected chi connectivity index (χ3v) is 4.01. The molecular weight excluding hydrogens is 260 g/mol. The number of hydrogen-bond donors (Lipinski definition) is 1. The number of piperidine rings is 1. The third-order valence-electron chi connectivity index (χ3n) is 4.01. The van der Waals surface area contributed by atoms with Crippen molar-refractivity contribution >= 4 is 5.91 Å². The van der Waals surface area contributed by atoms with Gasteiger partial charge in [-0.15, -0.1) is 6.58 Å². The van der Waals surface area contributed by atoms with E-state index in [4.69, 9.17) is 0 Å². The van der Waals surface area contributed by atoms with Crippen molar-refractivity contribution < 1.29 is 4.79 Å². The summed E-state index contributed by atoms with van der Waals surface area (Å²) < 4.78 is 0. The Balaban J connectivity index is 1.73. The molecule has 1 atom stereocenters. The molecule has 2 rings (SSSR count). The van der Waals surface area contributed by atoms with Crippen LogP contribution in [0.5, 0.6) is 0 Å². The van der Waals surface area contributed by atoms with Crippen molar-refractivity contribution in [2.24, 2.45) is 0 Å². The Morgan fingerprint density at radius 2 is 2.19 bits per heavy atom. The summed E-state index contributed by atoms with van der Waals surface area (Å²) in [5.41, 5.74) is 1.38. The highest BCUT2D eigenvalue weighted by molar-refractivity contribution is 5.76. The maximum absolute atomic E-state index is 11.8. The van der Waals surface area contributed by atoms with Gasteiger partial charge in [-0.2, -0.15) is 0 Å². The lowest BCUT2D eigenvalue weighted by atomic mass is 10.0. The Bertz CT molecular complexity index is 444. The van der Waals surface area contributed by atoms with Crippen molar-refractivity contribution in [1.29, 1.82) is 0 Å². The molecule has 1 aromatic carbocycles. The van der Waals surface area contributed by atoms with E-state index < -0.39 is 0 Å². The fourth-order valence-corrected chi connectivity index (χ4v) is 2.84. The summed E-state index contributed by atoms with van der Waals surface area (Å²) in [6.07, 6.45) is 6.47. The molecule has 114 valence electrons. The first-order chi connectivity index (χ1) is 10.3. The lowest BCUT2D eigenvalue weighted by molar-refractivity contribution is -0.122. The molecule has 0 spiro atoms. The molecule has 1 unspecified atom stereocenters. The van der Waals surface area contributed by atoms with Crippen LogP contribution in [0.3, 0.4) is 0 Å². The van der Waals surface area contributed by atoms with Crippen LogP contribution >= 0.6 is 0 Å². The Morgan fingerprint density at radius 1 is 1.38 bits per heavy atom. The van der Waals surface area contributed by atoms with Crippen LogP contribution in [0.25, 0.3) is 0 Å². The molecule has 1 aromatic rings. The second-order valence-corrected chi connectivity index (χ2v) is 5.77. The molecule has 1 N–H and O–H groups in total. The zero-order chi connectivity index (χ0) is 14.9. The molecule has 0 saturated carbocycles. The molecule has 3 heteroatoms. The summed E-state index contributed by atoms with van der Waals surface area (Å²) in [5.74, 6) is 0.157. The number of likely N-dealkylation sites (tertiary alicyclic amines) is 1. The molecule has 0 radical (unpaired) electrons. The highest BCUT2D eigenvalue weighted by Gasteiger charge is 2.20. The van der Waals surface area contributed by atoms with Crippen LogP contribution in [0.15, 0.2) is 43.0 Å². The number of nitrogens with zero attached hydrogens (tertiary/aromatic N) is 1. The van der Waals surface area contributed by atoms with Gasteiger partial charge in [-0.05, 0) is 37.8 Å². The average molecular weight is 286 g/mol. The highest BCUT2D eigenvalue weighted by Crippen LogP contribution is 2.11. The van der Waals surface area contributed by atoms with E-state index >= 15 is 0 Å². The fraction of sp³-hybridized carbons (Fsp3) is 0.500. The minimum atomic E-state index is 0.157. The van der Waals surface area contributed by atoms with Gasteiger partial charge >= 0.3 is 0 Å². The van der Waals surface area contributed by atoms with Crippen LogP contribution in [0, 0.1) is 0 Å². The topological polar surface area (TPSA) is 32.3 Å². The van der Waals surface area contributed by atoms with Gasteiger partial charge in [0, 0.05) is 25.6 Å². The number of carbonyl (C=O) groups is 1. The molecule has 0 bridgehead atoms. The van der Waals surface area contributed by atoms with Gasteiger partial charge in [0.15, 0.2) is 0 Å². The van der Waals surface area contributed by atoms with E-state index in [1.807, 2.05) is 0 Å². The summed E-state index contributed by atoms with van der Waals surface area (Å²) in [7, 11) is 0. The third kappa shape index (κ3) is 5.72. The van der Waals surface area contributed by atoms with Gasteiger partial charge in [-0.25, -0.2) is 0 Å². The summed E-state index contributed by atoms with van der Waals surface area (Å²) in [6.45, 7) is 6.85. The first kappa shape index (κ1) is 15.8. The van der Waals surface area contributed by atoms with Crippen molar-refractivity contribution in [3.05, 3.63) is 48.6 Å². The number of benzene rings is 1. The van der Waals surface area contributed by atoms with E-state index in [2.05, 4.69) is 47.1 Å². The van der Waals surface area contributed by atoms with Crippen LogP contribution in [0.2, 0.25) is 0 Å². The van der Waals surface area contributed by atoms with E-state index in [1.165, 1.54) is 12.0 Å². The molecule has 1 heterocycles. The van der Waals surface area contributed by atoms with Crippen LogP contribution in [0.1, 0.15) is 31.2 Å². The van der Waals surface area contributed by atoms with Gasteiger partial charge < -0.3 is 10.2 Å². The lowest BCUT2D eigenvalue weighted by Gasteiger charge is -2.33. The van der Waals surface area contributed by atoms with E-state index in [9.17, 15) is 4.79 Å². The Morgan fingerprint density at radius 3 is 2.95 bits per heavy atom. The Labute approximate surface area is 128 Å². The second kappa shape index (κ2) is 8.63. The summed E-state index contributed by atoms with van der Waals surface area (Å²) in [5, 5.41) is 3.15. The van der Waals surface area contributed by atoms with Crippen LogP contribution in [-0.2, 0) is 11.2 Å². The summed E-state index contributed by atoms with van der Waals surface area (Å²) in [6, 6.07) is 10.9. The Kier molecular flexibility index (Phi) is 6.48. The number of rotatable bonds is 7. The molecule has 0 aliphatic carbocycles. The molecule has 1 aliphatic heterocycles. The number of nitrogens with one attached hydrogen (secondary N) is 1. The second-order valence-electron chi connectivity index (χ2n) is 5.77. The predicted molar refractivity (Wildman–Crippen MR) is 87.2 cm³/mol. The lowest BCUT2D eigenvalue weighted by Crippen LogP contribution is -2.48. The number of carbonyl (C=O) groups excluding carboxylic acids is 1. The van der Waals surface area contributed by atoms with Crippen LogP contribution in [0.4, 0.5) is 0 Å². The largest absolute Gasteiger partial charge is 0.352 e. The van der Waals surface area contributed by atoms with Gasteiger partial charge in [0.2, 0.25) is 5.91 Å². The first-order valence-corrected chi connectivity index (χ1v) is 7.94. The molecule has 1 fully saturated rings. The molecule has 1 amide bonds. The predicted octanol–water partition coefficient (Wildman–Crippen LogP) is 2.78. The molecular formula is C18H26N2O. The highest BCUT2D eigenvalue weighted by atomic mass is 16.1. The minimum absolute atomic E-state index is 0.157. The quantitative estimate of drug-likeness (QED) is 0.782. The van der Waals surface area contributed by atoms with Gasteiger partial charge in [0.25, 0.3) is 0 Å². The van der Waals surface area contributed by atoms with Gasteiger partial charge in [0.1, 0.15) is 0 Å².